The fourth-order valence-corrected chi connectivity index (χ4v) is 3.80. The van der Waals surface area contributed by atoms with Crippen LogP contribution >= 0.6 is 15.9 Å². The lowest BCUT2D eigenvalue weighted by Gasteiger charge is -2.11. The third-order valence-electron chi connectivity index (χ3n) is 3.00. The predicted molar refractivity (Wildman–Crippen MR) is 82.0 cm³/mol. The Labute approximate surface area is 131 Å². The van der Waals surface area contributed by atoms with Crippen molar-refractivity contribution in [3.05, 3.63) is 45.3 Å². The standard InChI is InChI=1S/C13H16BrN3O3S/c1-8-3-11(17-20-8)7-16-21(18,19)13-5-10(6-15)4-12(14)9(13)2/h3-5,16H,6-7,15H2,1-2H3. The summed E-state index contributed by atoms with van der Waals surface area (Å²) in [4.78, 5) is 0.206. The van der Waals surface area contributed by atoms with E-state index in [4.69, 9.17) is 10.3 Å². The van der Waals surface area contributed by atoms with Crippen LogP contribution in [-0.4, -0.2) is 13.6 Å². The molecule has 21 heavy (non-hydrogen) atoms. The van der Waals surface area contributed by atoms with Gasteiger partial charge in [0.05, 0.1) is 17.1 Å². The molecule has 0 aliphatic rings. The minimum Gasteiger partial charge on any atom is -0.361 e. The van der Waals surface area contributed by atoms with E-state index < -0.39 is 10.0 Å². The van der Waals surface area contributed by atoms with Crippen LogP contribution in [0.1, 0.15) is 22.6 Å². The van der Waals surface area contributed by atoms with Crippen LogP contribution in [0.25, 0.3) is 0 Å². The Kier molecular flexibility index (Phi) is 4.82. The van der Waals surface area contributed by atoms with E-state index in [1.54, 1.807) is 26.0 Å². The van der Waals surface area contributed by atoms with Crippen molar-refractivity contribution < 1.29 is 12.9 Å². The van der Waals surface area contributed by atoms with Crippen LogP contribution in [0.2, 0.25) is 0 Å². The second-order valence-corrected chi connectivity index (χ2v) is 7.25. The van der Waals surface area contributed by atoms with Crippen molar-refractivity contribution >= 4 is 26.0 Å². The molecule has 0 atom stereocenters. The summed E-state index contributed by atoms with van der Waals surface area (Å²) in [6.45, 7) is 3.82. The molecule has 0 radical (unpaired) electrons. The molecule has 114 valence electrons. The maximum absolute atomic E-state index is 12.4. The molecule has 0 saturated carbocycles. The fraction of sp³-hybridized carbons (Fsp3) is 0.308. The van der Waals surface area contributed by atoms with Crippen LogP contribution in [0.15, 0.2) is 32.1 Å². The van der Waals surface area contributed by atoms with E-state index in [0.29, 0.717) is 21.5 Å². The molecule has 0 aliphatic heterocycles. The molecular formula is C13H16BrN3O3S. The summed E-state index contributed by atoms with van der Waals surface area (Å²) in [5, 5.41) is 3.76. The summed E-state index contributed by atoms with van der Waals surface area (Å²) in [5.41, 5.74) is 7.50. The Hall–Kier alpha value is -1.22. The lowest BCUT2D eigenvalue weighted by atomic mass is 10.1. The summed E-state index contributed by atoms with van der Waals surface area (Å²) >= 11 is 3.35. The van der Waals surface area contributed by atoms with Crippen LogP contribution in [-0.2, 0) is 23.1 Å². The van der Waals surface area contributed by atoms with Gasteiger partial charge in [-0.25, -0.2) is 13.1 Å². The zero-order chi connectivity index (χ0) is 15.6. The zero-order valence-electron chi connectivity index (χ0n) is 11.7. The Morgan fingerprint density at radius 3 is 2.62 bits per heavy atom. The first-order valence-electron chi connectivity index (χ1n) is 6.24. The first-order chi connectivity index (χ1) is 9.83. The maximum Gasteiger partial charge on any atom is 0.241 e. The molecule has 2 rings (SSSR count). The van der Waals surface area contributed by atoms with E-state index in [9.17, 15) is 8.42 Å². The van der Waals surface area contributed by atoms with Gasteiger partial charge >= 0.3 is 0 Å². The van der Waals surface area contributed by atoms with Crippen molar-refractivity contribution in [2.45, 2.75) is 31.8 Å². The van der Waals surface area contributed by atoms with E-state index in [1.165, 1.54) is 0 Å². The summed E-state index contributed by atoms with van der Waals surface area (Å²) < 4.78 is 33.0. The Bertz CT molecular complexity index is 756. The number of hydrogen-bond donors (Lipinski definition) is 2. The maximum atomic E-state index is 12.4. The minimum atomic E-state index is -3.65. The molecule has 0 unspecified atom stereocenters. The molecule has 8 heteroatoms. The second kappa shape index (κ2) is 6.27. The van der Waals surface area contributed by atoms with Crippen molar-refractivity contribution in [3.8, 4) is 0 Å². The molecule has 0 saturated heterocycles. The van der Waals surface area contributed by atoms with E-state index in [0.717, 1.165) is 5.56 Å². The highest BCUT2D eigenvalue weighted by Gasteiger charge is 2.19. The van der Waals surface area contributed by atoms with Gasteiger partial charge < -0.3 is 10.3 Å². The number of aryl methyl sites for hydroxylation is 1. The van der Waals surface area contributed by atoms with Gasteiger partial charge in [-0.3, -0.25) is 0 Å². The van der Waals surface area contributed by atoms with E-state index in [-0.39, 0.29) is 18.0 Å². The smallest absolute Gasteiger partial charge is 0.241 e. The zero-order valence-corrected chi connectivity index (χ0v) is 14.1. The molecule has 3 N–H and O–H groups in total. The fourth-order valence-electron chi connectivity index (χ4n) is 1.85. The molecule has 0 spiro atoms. The molecular weight excluding hydrogens is 358 g/mol. The number of hydrogen-bond acceptors (Lipinski definition) is 5. The van der Waals surface area contributed by atoms with Gasteiger partial charge in [-0.1, -0.05) is 21.1 Å². The number of sulfonamides is 1. The average molecular weight is 374 g/mol. The lowest BCUT2D eigenvalue weighted by Crippen LogP contribution is -2.24. The van der Waals surface area contributed by atoms with Crippen LogP contribution < -0.4 is 10.5 Å². The number of nitrogens with two attached hydrogens (primary N) is 1. The van der Waals surface area contributed by atoms with Crippen molar-refractivity contribution in [2.75, 3.05) is 0 Å². The molecule has 0 bridgehead atoms. The van der Waals surface area contributed by atoms with Gasteiger partial charge in [0.25, 0.3) is 0 Å². The van der Waals surface area contributed by atoms with Crippen molar-refractivity contribution in [2.24, 2.45) is 5.73 Å². The highest BCUT2D eigenvalue weighted by molar-refractivity contribution is 9.10. The summed E-state index contributed by atoms with van der Waals surface area (Å²) in [6, 6.07) is 5.08. The molecule has 0 amide bonds. The quantitative estimate of drug-likeness (QED) is 0.834. The van der Waals surface area contributed by atoms with Crippen molar-refractivity contribution in [1.82, 2.24) is 9.88 Å². The van der Waals surface area contributed by atoms with Gasteiger partial charge in [0.1, 0.15) is 5.76 Å². The lowest BCUT2D eigenvalue weighted by molar-refractivity contribution is 0.390. The summed E-state index contributed by atoms with van der Waals surface area (Å²) in [7, 11) is -3.65. The topological polar surface area (TPSA) is 98.2 Å². The largest absolute Gasteiger partial charge is 0.361 e. The van der Waals surface area contributed by atoms with E-state index in [2.05, 4.69) is 25.8 Å². The monoisotopic (exact) mass is 373 g/mol. The Balaban J connectivity index is 2.29. The third-order valence-corrected chi connectivity index (χ3v) is 5.35. The number of nitrogens with one attached hydrogen (secondary N) is 1. The molecule has 1 aromatic carbocycles. The van der Waals surface area contributed by atoms with E-state index >= 15 is 0 Å². The molecule has 6 nitrogen and oxygen atoms in total. The normalized spacial score (nSPS) is 11.8. The van der Waals surface area contributed by atoms with Gasteiger partial charge in [0.15, 0.2) is 0 Å². The minimum absolute atomic E-state index is 0.0730. The van der Waals surface area contributed by atoms with Gasteiger partial charge in [-0.05, 0) is 37.1 Å². The van der Waals surface area contributed by atoms with Gasteiger partial charge in [0.2, 0.25) is 10.0 Å². The summed E-state index contributed by atoms with van der Waals surface area (Å²) in [5.74, 6) is 0.633. The van der Waals surface area contributed by atoms with Crippen LogP contribution in [0.4, 0.5) is 0 Å². The van der Waals surface area contributed by atoms with E-state index in [1.807, 2.05) is 6.07 Å². The number of halogens is 1. The number of aromatic nitrogens is 1. The third kappa shape index (κ3) is 3.70. The van der Waals surface area contributed by atoms with Crippen LogP contribution in [0.5, 0.6) is 0 Å². The first-order valence-corrected chi connectivity index (χ1v) is 8.52. The molecule has 0 fully saturated rings. The Morgan fingerprint density at radius 2 is 2.05 bits per heavy atom. The van der Waals surface area contributed by atoms with Crippen molar-refractivity contribution in [1.29, 1.82) is 0 Å². The van der Waals surface area contributed by atoms with Gasteiger partial charge in [-0.15, -0.1) is 0 Å². The molecule has 1 aromatic heterocycles. The van der Waals surface area contributed by atoms with Crippen LogP contribution in [0, 0.1) is 13.8 Å². The average Bonchev–Trinajstić information content (AvgIpc) is 2.85. The van der Waals surface area contributed by atoms with Crippen molar-refractivity contribution in [3.63, 3.8) is 0 Å². The molecule has 2 aromatic rings. The van der Waals surface area contributed by atoms with Gasteiger partial charge in [-0.2, -0.15) is 0 Å². The number of rotatable bonds is 5. The number of benzene rings is 1. The summed E-state index contributed by atoms with van der Waals surface area (Å²) in [6.07, 6.45) is 0. The molecule has 1 heterocycles. The van der Waals surface area contributed by atoms with Gasteiger partial charge in [0, 0.05) is 17.1 Å². The van der Waals surface area contributed by atoms with Crippen LogP contribution in [0.3, 0.4) is 0 Å². The second-order valence-electron chi connectivity index (χ2n) is 4.66. The first kappa shape index (κ1) is 16.2. The SMILES string of the molecule is Cc1cc(CNS(=O)(=O)c2cc(CN)cc(Br)c2C)no1. The highest BCUT2D eigenvalue weighted by Crippen LogP contribution is 2.25. The Morgan fingerprint density at radius 1 is 1.33 bits per heavy atom. The number of nitrogens with zero attached hydrogens (tertiary/aromatic N) is 1. The highest BCUT2D eigenvalue weighted by atomic mass is 79.9. The molecule has 0 aliphatic carbocycles. The predicted octanol–water partition coefficient (Wildman–Crippen LogP) is 1.99.